The van der Waals surface area contributed by atoms with E-state index in [1.54, 1.807) is 12.1 Å². The van der Waals surface area contributed by atoms with Crippen LogP contribution in [0.25, 0.3) is 0 Å². The van der Waals surface area contributed by atoms with Gasteiger partial charge in [-0.15, -0.1) is 0 Å². The van der Waals surface area contributed by atoms with Crippen molar-refractivity contribution >= 4 is 17.8 Å². The lowest BCUT2D eigenvalue weighted by Gasteiger charge is -2.33. The van der Waals surface area contributed by atoms with Gasteiger partial charge in [-0.05, 0) is 37.0 Å². The highest BCUT2D eigenvalue weighted by Gasteiger charge is 2.24. The number of likely N-dealkylation sites (tertiary alicyclic amines) is 1. The van der Waals surface area contributed by atoms with E-state index in [1.807, 2.05) is 17.0 Å². The third-order valence-corrected chi connectivity index (χ3v) is 4.34. The van der Waals surface area contributed by atoms with Crippen LogP contribution in [0.4, 0.5) is 0 Å². The van der Waals surface area contributed by atoms with Crippen LogP contribution in [0.15, 0.2) is 24.3 Å². The van der Waals surface area contributed by atoms with Crippen LogP contribution < -0.4 is 5.32 Å². The van der Waals surface area contributed by atoms with Crippen LogP contribution in [0.2, 0.25) is 0 Å². The minimum absolute atomic E-state index is 0.0784. The van der Waals surface area contributed by atoms with E-state index in [1.165, 1.54) is 6.92 Å². The Labute approximate surface area is 141 Å². The zero-order chi connectivity index (χ0) is 17.5. The molecular weight excluding hydrogens is 308 g/mol. The molecule has 1 aromatic rings. The molecule has 1 unspecified atom stereocenters. The highest BCUT2D eigenvalue weighted by molar-refractivity contribution is 5.87. The van der Waals surface area contributed by atoms with Crippen LogP contribution in [0, 0.1) is 0 Å². The van der Waals surface area contributed by atoms with E-state index in [2.05, 4.69) is 5.32 Å². The minimum atomic E-state index is -0.929. The van der Waals surface area contributed by atoms with Crippen LogP contribution in [0.3, 0.4) is 0 Å². The molecule has 1 aromatic carbocycles. The predicted molar refractivity (Wildman–Crippen MR) is 89.9 cm³/mol. The van der Waals surface area contributed by atoms with Crippen molar-refractivity contribution in [2.75, 3.05) is 19.6 Å². The van der Waals surface area contributed by atoms with E-state index in [0.717, 1.165) is 24.9 Å². The van der Waals surface area contributed by atoms with E-state index in [4.69, 9.17) is 5.11 Å². The summed E-state index contributed by atoms with van der Waals surface area (Å²) >= 11 is 0. The Kier molecular flexibility index (Phi) is 6.35. The zero-order valence-corrected chi connectivity index (χ0v) is 14.0. The number of carboxylic acid groups (broad SMARTS) is 1. The first-order chi connectivity index (χ1) is 11.5. The number of aromatic carboxylic acids is 1. The molecule has 1 fully saturated rings. The Morgan fingerprint density at radius 1 is 1.25 bits per heavy atom. The summed E-state index contributed by atoms with van der Waals surface area (Å²) in [5.74, 6) is -0.639. The molecule has 1 atom stereocenters. The molecule has 0 spiro atoms. The molecule has 0 bridgehead atoms. The van der Waals surface area contributed by atoms with Gasteiger partial charge in [0.1, 0.15) is 0 Å². The van der Waals surface area contributed by atoms with Gasteiger partial charge in [-0.25, -0.2) is 4.79 Å². The lowest BCUT2D eigenvalue weighted by molar-refractivity contribution is -0.132. The van der Waals surface area contributed by atoms with Crippen molar-refractivity contribution in [3.8, 4) is 0 Å². The van der Waals surface area contributed by atoms with Crippen molar-refractivity contribution in [3.63, 3.8) is 0 Å². The third-order valence-electron chi connectivity index (χ3n) is 4.34. The Balaban J connectivity index is 1.87. The van der Waals surface area contributed by atoms with Gasteiger partial charge < -0.3 is 15.3 Å². The molecule has 130 valence electrons. The van der Waals surface area contributed by atoms with Crippen LogP contribution in [-0.2, 0) is 9.59 Å². The van der Waals surface area contributed by atoms with Gasteiger partial charge in [0, 0.05) is 38.9 Å². The number of rotatable bonds is 6. The van der Waals surface area contributed by atoms with Crippen molar-refractivity contribution in [1.29, 1.82) is 0 Å². The second-order valence-electron chi connectivity index (χ2n) is 6.19. The smallest absolute Gasteiger partial charge is 0.335 e. The first kappa shape index (κ1) is 18.0. The molecule has 0 saturated carbocycles. The molecule has 2 N–H and O–H groups in total. The van der Waals surface area contributed by atoms with Crippen molar-refractivity contribution in [2.24, 2.45) is 0 Å². The number of carbonyl (C=O) groups is 3. The number of piperidine rings is 1. The van der Waals surface area contributed by atoms with Crippen LogP contribution in [0.5, 0.6) is 0 Å². The number of carbonyl (C=O) groups excluding carboxylic acids is 2. The number of benzene rings is 1. The first-order valence-corrected chi connectivity index (χ1v) is 8.33. The first-order valence-electron chi connectivity index (χ1n) is 8.33. The maximum atomic E-state index is 12.3. The fourth-order valence-electron chi connectivity index (χ4n) is 3.04. The van der Waals surface area contributed by atoms with Crippen molar-refractivity contribution in [1.82, 2.24) is 10.2 Å². The molecule has 1 saturated heterocycles. The molecule has 1 aliphatic heterocycles. The Morgan fingerprint density at radius 2 is 1.96 bits per heavy atom. The average Bonchev–Trinajstić information content (AvgIpc) is 2.58. The molecule has 1 aliphatic rings. The van der Waals surface area contributed by atoms with E-state index < -0.39 is 5.97 Å². The molecule has 24 heavy (non-hydrogen) atoms. The standard InChI is InChI=1S/C18H24N2O4/c1-13(21)19-10-2-5-17(22)20-11-3-4-16(12-20)14-6-8-15(9-7-14)18(23)24/h6-9,16H,2-5,10-12H2,1H3,(H,19,21)(H,23,24). The largest absolute Gasteiger partial charge is 0.478 e. The van der Waals surface area contributed by atoms with E-state index >= 15 is 0 Å². The van der Waals surface area contributed by atoms with Crippen LogP contribution in [-0.4, -0.2) is 47.4 Å². The van der Waals surface area contributed by atoms with Gasteiger partial charge in [-0.2, -0.15) is 0 Å². The molecule has 6 nitrogen and oxygen atoms in total. The maximum Gasteiger partial charge on any atom is 0.335 e. The second kappa shape index (κ2) is 8.47. The minimum Gasteiger partial charge on any atom is -0.478 e. The molecule has 0 radical (unpaired) electrons. The topological polar surface area (TPSA) is 86.7 Å². The van der Waals surface area contributed by atoms with Crippen LogP contribution >= 0.6 is 0 Å². The summed E-state index contributed by atoms with van der Waals surface area (Å²) in [4.78, 5) is 35.9. The number of nitrogens with zero attached hydrogens (tertiary/aromatic N) is 1. The van der Waals surface area contributed by atoms with Crippen molar-refractivity contribution in [2.45, 2.75) is 38.5 Å². The number of carboxylic acids is 1. The van der Waals surface area contributed by atoms with E-state index in [0.29, 0.717) is 25.9 Å². The molecule has 2 amide bonds. The average molecular weight is 332 g/mol. The molecule has 1 heterocycles. The Bertz CT molecular complexity index is 598. The zero-order valence-electron chi connectivity index (χ0n) is 14.0. The summed E-state index contributed by atoms with van der Waals surface area (Å²) in [5, 5.41) is 11.7. The van der Waals surface area contributed by atoms with Crippen molar-refractivity contribution < 1.29 is 19.5 Å². The van der Waals surface area contributed by atoms with Gasteiger partial charge in [0.05, 0.1) is 5.56 Å². The highest BCUT2D eigenvalue weighted by atomic mass is 16.4. The number of nitrogens with one attached hydrogen (secondary N) is 1. The molecule has 0 aliphatic carbocycles. The Morgan fingerprint density at radius 3 is 2.58 bits per heavy atom. The summed E-state index contributed by atoms with van der Waals surface area (Å²) in [6, 6.07) is 6.93. The summed E-state index contributed by atoms with van der Waals surface area (Å²) in [6.07, 6.45) is 3.03. The van der Waals surface area contributed by atoms with Gasteiger partial charge in [0.25, 0.3) is 0 Å². The van der Waals surface area contributed by atoms with Gasteiger partial charge in [-0.3, -0.25) is 9.59 Å². The monoisotopic (exact) mass is 332 g/mol. The number of hydrogen-bond acceptors (Lipinski definition) is 3. The normalized spacial score (nSPS) is 17.4. The lowest BCUT2D eigenvalue weighted by atomic mass is 9.90. The summed E-state index contributed by atoms with van der Waals surface area (Å²) in [7, 11) is 0. The summed E-state index contributed by atoms with van der Waals surface area (Å²) in [6.45, 7) is 3.43. The fraction of sp³-hybridized carbons (Fsp3) is 0.500. The third kappa shape index (κ3) is 5.08. The number of amides is 2. The Hall–Kier alpha value is -2.37. The summed E-state index contributed by atoms with van der Waals surface area (Å²) in [5.41, 5.74) is 1.36. The molecule has 2 rings (SSSR count). The van der Waals surface area contributed by atoms with Crippen molar-refractivity contribution in [3.05, 3.63) is 35.4 Å². The molecule has 0 aromatic heterocycles. The molecular formula is C18H24N2O4. The lowest BCUT2D eigenvalue weighted by Crippen LogP contribution is -2.39. The molecule has 6 heteroatoms. The highest BCUT2D eigenvalue weighted by Crippen LogP contribution is 2.27. The fourth-order valence-corrected chi connectivity index (χ4v) is 3.04. The maximum absolute atomic E-state index is 12.3. The van der Waals surface area contributed by atoms with E-state index in [-0.39, 0.29) is 23.3 Å². The van der Waals surface area contributed by atoms with Gasteiger partial charge in [-0.1, -0.05) is 12.1 Å². The second-order valence-corrected chi connectivity index (χ2v) is 6.19. The number of hydrogen-bond donors (Lipinski definition) is 2. The SMILES string of the molecule is CC(=O)NCCCC(=O)N1CCCC(c2ccc(C(=O)O)cc2)C1. The van der Waals surface area contributed by atoms with Gasteiger partial charge in [0.2, 0.25) is 11.8 Å². The summed E-state index contributed by atoms with van der Waals surface area (Å²) < 4.78 is 0. The van der Waals surface area contributed by atoms with E-state index in [9.17, 15) is 14.4 Å². The predicted octanol–water partition coefficient (Wildman–Crippen LogP) is 2.01. The quantitative estimate of drug-likeness (QED) is 0.780. The van der Waals surface area contributed by atoms with Gasteiger partial charge >= 0.3 is 5.97 Å². The van der Waals surface area contributed by atoms with Gasteiger partial charge in [0.15, 0.2) is 0 Å². The van der Waals surface area contributed by atoms with Crippen LogP contribution in [0.1, 0.15) is 54.4 Å².